The number of hydrogen-bond acceptors (Lipinski definition) is 5. The highest BCUT2D eigenvalue weighted by Gasteiger charge is 2.11. The van der Waals surface area contributed by atoms with Crippen LogP contribution in [0.25, 0.3) is 29.1 Å². The van der Waals surface area contributed by atoms with Crippen molar-refractivity contribution in [3.63, 3.8) is 0 Å². The molecule has 200 valence electrons. The SMILES string of the molecule is [C-]#[N+]CC.[C-]#[N+]CC(CC)C[N+]#[C-].[C-]#[N+]COCC(COCC)COC[N+]#[C-].[C-]#[N+]COCOCC. The van der Waals surface area contributed by atoms with Crippen molar-refractivity contribution in [2.24, 2.45) is 11.8 Å². The van der Waals surface area contributed by atoms with Gasteiger partial charge >= 0.3 is 20.2 Å². The number of hydrogen-bond donors (Lipinski definition) is 0. The van der Waals surface area contributed by atoms with E-state index in [1.165, 1.54) is 0 Å². The molecule has 0 saturated heterocycles. The minimum Gasteiger partial charge on any atom is -0.381 e. The molecule has 11 nitrogen and oxygen atoms in total. The minimum absolute atomic E-state index is 0.0610. The first-order chi connectivity index (χ1) is 17.5. The molecule has 0 aromatic heterocycles. The van der Waals surface area contributed by atoms with Crippen LogP contribution < -0.4 is 0 Å². The molecular weight excluding hydrogens is 464 g/mol. The van der Waals surface area contributed by atoms with E-state index in [4.69, 9.17) is 58.4 Å². The monoisotopic (exact) mass is 504 g/mol. The fraction of sp³-hybridized carbons (Fsp3) is 0.760. The molecule has 0 fully saturated rings. The van der Waals surface area contributed by atoms with E-state index in [0.717, 1.165) is 6.42 Å². The molecule has 0 saturated carbocycles. The Labute approximate surface area is 218 Å². The molecule has 11 heteroatoms. The van der Waals surface area contributed by atoms with E-state index in [2.05, 4.69) is 33.8 Å². The van der Waals surface area contributed by atoms with Gasteiger partial charge in [-0.3, -0.25) is 19.3 Å². The van der Waals surface area contributed by atoms with Crippen molar-refractivity contribution in [1.82, 2.24) is 0 Å². The molecule has 0 aliphatic heterocycles. The van der Waals surface area contributed by atoms with Gasteiger partial charge in [0.05, 0.1) is 19.8 Å². The molecule has 0 rings (SSSR count). The second-order valence-corrected chi connectivity index (χ2v) is 6.37. The van der Waals surface area contributed by atoms with Gasteiger partial charge in [0.15, 0.2) is 6.79 Å². The molecule has 0 spiro atoms. The molecule has 0 radical (unpaired) electrons. The van der Waals surface area contributed by atoms with Gasteiger partial charge in [-0.05, 0) is 20.3 Å². The summed E-state index contributed by atoms with van der Waals surface area (Å²) in [6, 6.07) is 0. The van der Waals surface area contributed by atoms with Crippen LogP contribution in [-0.2, 0) is 23.7 Å². The predicted octanol–water partition coefficient (Wildman–Crippen LogP) is 5.08. The van der Waals surface area contributed by atoms with Crippen LogP contribution in [0, 0.1) is 51.3 Å². The average molecular weight is 505 g/mol. The zero-order valence-electron chi connectivity index (χ0n) is 22.1. The quantitative estimate of drug-likeness (QED) is 0.167. The van der Waals surface area contributed by atoms with Gasteiger partial charge < -0.3 is 33.5 Å². The molecular formula is C25H40N6O5. The molecule has 0 bridgehead atoms. The lowest BCUT2D eigenvalue weighted by atomic mass is 10.1. The van der Waals surface area contributed by atoms with Crippen LogP contribution in [0.2, 0.25) is 0 Å². The fourth-order valence-electron chi connectivity index (χ4n) is 1.76. The fourth-order valence-corrected chi connectivity index (χ4v) is 1.76. The van der Waals surface area contributed by atoms with Gasteiger partial charge in [0.2, 0.25) is 19.6 Å². The smallest absolute Gasteiger partial charge is 0.320 e. The first-order valence-corrected chi connectivity index (χ1v) is 11.4. The molecule has 0 aromatic rings. The third-order valence-corrected chi connectivity index (χ3v) is 3.54. The predicted molar refractivity (Wildman–Crippen MR) is 138 cm³/mol. The van der Waals surface area contributed by atoms with E-state index >= 15 is 0 Å². The van der Waals surface area contributed by atoms with Gasteiger partial charge in [-0.2, -0.15) is 0 Å². The van der Waals surface area contributed by atoms with Crippen molar-refractivity contribution in [2.45, 2.75) is 34.1 Å². The van der Waals surface area contributed by atoms with E-state index < -0.39 is 0 Å². The summed E-state index contributed by atoms with van der Waals surface area (Å²) in [5.74, 6) is 0.397. The normalized spacial score (nSPS) is 8.67. The zero-order chi connectivity index (χ0) is 28.1. The van der Waals surface area contributed by atoms with Crippen LogP contribution in [-0.4, -0.2) is 79.7 Å². The highest BCUT2D eigenvalue weighted by molar-refractivity contribution is 4.75. The first kappa shape index (κ1) is 39.9. The van der Waals surface area contributed by atoms with E-state index in [0.29, 0.717) is 58.6 Å². The Bertz CT molecular complexity index is 659. The van der Waals surface area contributed by atoms with Crippen LogP contribution in [0.5, 0.6) is 0 Å². The van der Waals surface area contributed by atoms with Gasteiger partial charge in [0.25, 0.3) is 0 Å². The summed E-state index contributed by atoms with van der Waals surface area (Å²) in [6.07, 6.45) is 0.949. The summed E-state index contributed by atoms with van der Waals surface area (Å²) >= 11 is 0. The summed E-state index contributed by atoms with van der Waals surface area (Å²) in [5.41, 5.74) is 0. The summed E-state index contributed by atoms with van der Waals surface area (Å²) < 4.78 is 24.8. The molecule has 0 heterocycles. The lowest BCUT2D eigenvalue weighted by Crippen LogP contribution is -2.21. The maximum Gasteiger partial charge on any atom is 0.320 e. The lowest BCUT2D eigenvalue weighted by molar-refractivity contribution is -0.0394. The molecule has 36 heavy (non-hydrogen) atoms. The van der Waals surface area contributed by atoms with Gasteiger partial charge in [0.1, 0.15) is 5.92 Å². The molecule has 0 amide bonds. The Kier molecular flexibility index (Phi) is 46.5. The number of rotatable bonds is 16. The van der Waals surface area contributed by atoms with Crippen molar-refractivity contribution in [3.8, 4) is 0 Å². The summed E-state index contributed by atoms with van der Waals surface area (Å²) in [5, 5.41) is 0. The summed E-state index contributed by atoms with van der Waals surface area (Å²) in [6.45, 7) is 50.9. The Hall–Kier alpha value is -3.26. The van der Waals surface area contributed by atoms with Crippen molar-refractivity contribution in [3.05, 3.63) is 68.5 Å². The largest absolute Gasteiger partial charge is 0.381 e. The van der Waals surface area contributed by atoms with Crippen LogP contribution in [0.3, 0.4) is 0 Å². The summed E-state index contributed by atoms with van der Waals surface area (Å²) in [4.78, 5) is 18.6. The molecule has 0 aliphatic carbocycles. The van der Waals surface area contributed by atoms with Gasteiger partial charge in [0, 0.05) is 26.1 Å². The van der Waals surface area contributed by atoms with Crippen molar-refractivity contribution in [2.75, 3.05) is 79.7 Å². The Morgan fingerprint density at radius 3 is 1.25 bits per heavy atom. The molecule has 0 unspecified atom stereocenters. The van der Waals surface area contributed by atoms with Crippen LogP contribution >= 0.6 is 0 Å². The second kappa shape index (κ2) is 41.9. The molecule has 0 aromatic carbocycles. The minimum atomic E-state index is 0.0610. The van der Waals surface area contributed by atoms with Crippen LogP contribution in [0.15, 0.2) is 0 Å². The van der Waals surface area contributed by atoms with Crippen molar-refractivity contribution < 1.29 is 23.7 Å². The average Bonchev–Trinajstić information content (AvgIpc) is 2.90. The third-order valence-electron chi connectivity index (χ3n) is 3.54. The van der Waals surface area contributed by atoms with Crippen molar-refractivity contribution >= 4 is 0 Å². The third kappa shape index (κ3) is 44.4. The van der Waals surface area contributed by atoms with Crippen LogP contribution in [0.4, 0.5) is 0 Å². The highest BCUT2D eigenvalue weighted by Crippen LogP contribution is 2.02. The molecule has 0 atom stereocenters. The Morgan fingerprint density at radius 2 is 0.917 bits per heavy atom. The maximum atomic E-state index is 6.55. The maximum absolute atomic E-state index is 6.55. The van der Waals surface area contributed by atoms with E-state index in [-0.39, 0.29) is 32.9 Å². The van der Waals surface area contributed by atoms with E-state index in [1.54, 1.807) is 0 Å². The Balaban J connectivity index is -0.000000209. The van der Waals surface area contributed by atoms with Crippen molar-refractivity contribution in [1.29, 1.82) is 0 Å². The van der Waals surface area contributed by atoms with Gasteiger partial charge in [-0.15, -0.1) is 0 Å². The van der Waals surface area contributed by atoms with Gasteiger partial charge in [-0.1, -0.05) is 6.92 Å². The Morgan fingerprint density at radius 1 is 0.500 bits per heavy atom. The standard InChI is InChI=1S/C10H16N2O3.C7H10N2.C5H9NO2.C3H5N/c1-4-13-5-10(6-14-8-11-2)7-15-9-12-3;1-4-7(5-8-2)6-9-3;1-3-7-5-8-4-6-2;1-3-4-2/h10H,4-9H2,1H3;7H,4-6H2,1H3;3-5H2,1H3;3H2,1H3. The van der Waals surface area contributed by atoms with Gasteiger partial charge in [-0.25, -0.2) is 39.4 Å². The van der Waals surface area contributed by atoms with Crippen LogP contribution in [0.1, 0.15) is 34.1 Å². The first-order valence-electron chi connectivity index (χ1n) is 11.4. The second-order valence-electron chi connectivity index (χ2n) is 6.37. The summed E-state index contributed by atoms with van der Waals surface area (Å²) in [7, 11) is 0. The highest BCUT2D eigenvalue weighted by atomic mass is 16.7. The number of nitrogens with zero attached hydrogens (tertiary/aromatic N) is 6. The van der Waals surface area contributed by atoms with E-state index in [1.807, 2.05) is 27.7 Å². The topological polar surface area (TPSA) is 72.3 Å². The lowest BCUT2D eigenvalue weighted by Gasteiger charge is -2.13. The van der Waals surface area contributed by atoms with E-state index in [9.17, 15) is 0 Å². The zero-order valence-corrected chi connectivity index (χ0v) is 22.1. The molecule has 0 N–H and O–H groups in total. The number of ether oxygens (including phenoxy) is 5. The molecule has 0 aliphatic rings.